The summed E-state index contributed by atoms with van der Waals surface area (Å²) >= 11 is 1.30. The zero-order valence-corrected chi connectivity index (χ0v) is 14.9. The van der Waals surface area contributed by atoms with Gasteiger partial charge in [-0.2, -0.15) is 0 Å². The van der Waals surface area contributed by atoms with E-state index in [1.807, 2.05) is 30.3 Å². The Morgan fingerprint density at radius 1 is 0.960 bits per heavy atom. The molecule has 0 spiro atoms. The summed E-state index contributed by atoms with van der Waals surface area (Å²) in [6.07, 6.45) is 2.15. The number of hydrogen-bond acceptors (Lipinski definition) is 6. The van der Waals surface area contributed by atoms with Gasteiger partial charge in [0.05, 0.1) is 11.3 Å². The van der Waals surface area contributed by atoms with Crippen LogP contribution in [0.15, 0.2) is 86.7 Å². The second-order valence-electron chi connectivity index (χ2n) is 5.16. The standard InChI is InChI=1S/C18H16N2O3S2/c21-25(22,16-10-5-2-6-11-16)13-7-12-24-18-20-19-17(23-18)14-15-8-3-1-4-9-15/h1-11,13H,12,14H2. The Morgan fingerprint density at radius 2 is 1.64 bits per heavy atom. The van der Waals surface area contributed by atoms with Gasteiger partial charge in [-0.1, -0.05) is 66.4 Å². The molecule has 0 atom stereocenters. The minimum Gasteiger partial charge on any atom is -0.416 e. The van der Waals surface area contributed by atoms with E-state index in [4.69, 9.17) is 4.42 Å². The monoisotopic (exact) mass is 372 g/mol. The molecule has 0 saturated carbocycles. The molecule has 128 valence electrons. The summed E-state index contributed by atoms with van der Waals surface area (Å²) in [5, 5.41) is 9.60. The predicted octanol–water partition coefficient (Wildman–Crippen LogP) is 3.74. The summed E-state index contributed by atoms with van der Waals surface area (Å²) in [6.45, 7) is 0. The molecule has 0 radical (unpaired) electrons. The molecule has 1 heterocycles. The van der Waals surface area contributed by atoms with Crippen LogP contribution in [0.25, 0.3) is 0 Å². The normalized spacial score (nSPS) is 11.8. The van der Waals surface area contributed by atoms with Gasteiger partial charge in [0.25, 0.3) is 5.22 Å². The maximum Gasteiger partial charge on any atom is 0.276 e. The first-order chi connectivity index (χ1) is 12.1. The second kappa shape index (κ2) is 8.13. The fraction of sp³-hybridized carbons (Fsp3) is 0.111. The van der Waals surface area contributed by atoms with E-state index in [-0.39, 0.29) is 4.90 Å². The number of aromatic nitrogens is 2. The third-order valence-corrected chi connectivity index (χ3v) is 5.55. The molecule has 7 heteroatoms. The molecule has 0 aliphatic heterocycles. The molecule has 2 aromatic carbocycles. The van der Waals surface area contributed by atoms with Crippen molar-refractivity contribution in [2.45, 2.75) is 16.5 Å². The number of thioether (sulfide) groups is 1. The summed E-state index contributed by atoms with van der Waals surface area (Å²) < 4.78 is 29.8. The van der Waals surface area contributed by atoms with E-state index < -0.39 is 9.84 Å². The van der Waals surface area contributed by atoms with Crippen molar-refractivity contribution in [2.75, 3.05) is 5.75 Å². The fourth-order valence-electron chi connectivity index (χ4n) is 2.11. The minimum absolute atomic E-state index is 0.277. The molecule has 0 bridgehead atoms. The molecule has 0 aliphatic rings. The van der Waals surface area contributed by atoms with Crippen LogP contribution in [0, 0.1) is 0 Å². The van der Waals surface area contributed by atoms with E-state index in [1.54, 1.807) is 36.4 Å². The first kappa shape index (κ1) is 17.4. The number of hydrogen-bond donors (Lipinski definition) is 0. The van der Waals surface area contributed by atoms with Crippen molar-refractivity contribution in [2.24, 2.45) is 0 Å². The molecule has 0 aliphatic carbocycles. The van der Waals surface area contributed by atoms with Crippen LogP contribution in [0.3, 0.4) is 0 Å². The molecule has 25 heavy (non-hydrogen) atoms. The minimum atomic E-state index is -3.41. The highest BCUT2D eigenvalue weighted by Crippen LogP contribution is 2.19. The molecular formula is C18H16N2O3S2. The Morgan fingerprint density at radius 3 is 2.36 bits per heavy atom. The molecule has 3 aromatic rings. The topological polar surface area (TPSA) is 73.1 Å². The zero-order valence-electron chi connectivity index (χ0n) is 13.3. The number of rotatable bonds is 7. The third kappa shape index (κ3) is 5.04. The molecule has 0 unspecified atom stereocenters. The Hall–Kier alpha value is -2.38. The molecule has 0 N–H and O–H groups in total. The Labute approximate surface area is 150 Å². The highest BCUT2D eigenvalue weighted by Gasteiger charge is 2.09. The van der Waals surface area contributed by atoms with Crippen LogP contribution in [-0.2, 0) is 16.3 Å². The first-order valence-corrected chi connectivity index (χ1v) is 10.1. The maximum atomic E-state index is 12.1. The summed E-state index contributed by atoms with van der Waals surface area (Å²) in [5.41, 5.74) is 1.09. The highest BCUT2D eigenvalue weighted by molar-refractivity contribution is 7.99. The van der Waals surface area contributed by atoms with Crippen LogP contribution >= 0.6 is 11.8 Å². The van der Waals surface area contributed by atoms with Gasteiger partial charge < -0.3 is 4.42 Å². The lowest BCUT2D eigenvalue weighted by molar-refractivity contribution is 0.420. The van der Waals surface area contributed by atoms with Crippen LogP contribution in [0.1, 0.15) is 11.5 Å². The second-order valence-corrected chi connectivity index (χ2v) is 7.97. The van der Waals surface area contributed by atoms with Gasteiger partial charge in [-0.25, -0.2) is 8.42 Å². The van der Waals surface area contributed by atoms with Gasteiger partial charge in [0, 0.05) is 11.2 Å². The lowest BCUT2D eigenvalue weighted by atomic mass is 10.2. The van der Waals surface area contributed by atoms with Crippen molar-refractivity contribution in [3.05, 3.63) is 83.6 Å². The lowest BCUT2D eigenvalue weighted by Crippen LogP contribution is -1.95. The van der Waals surface area contributed by atoms with Crippen LogP contribution in [0.4, 0.5) is 0 Å². The van der Waals surface area contributed by atoms with Crippen LogP contribution in [-0.4, -0.2) is 24.4 Å². The quantitative estimate of drug-likeness (QED) is 0.588. The lowest BCUT2D eigenvalue weighted by Gasteiger charge is -1.97. The molecular weight excluding hydrogens is 356 g/mol. The molecule has 5 nitrogen and oxygen atoms in total. The van der Waals surface area contributed by atoms with Crippen molar-refractivity contribution in [1.29, 1.82) is 0 Å². The van der Waals surface area contributed by atoms with E-state index in [0.29, 0.717) is 23.3 Å². The Kier molecular flexibility index (Phi) is 5.67. The van der Waals surface area contributed by atoms with E-state index in [9.17, 15) is 8.42 Å². The zero-order chi connectivity index (χ0) is 17.5. The van der Waals surface area contributed by atoms with Crippen molar-refractivity contribution in [1.82, 2.24) is 10.2 Å². The third-order valence-electron chi connectivity index (χ3n) is 3.30. The Bertz CT molecular complexity index is 937. The van der Waals surface area contributed by atoms with Gasteiger partial charge >= 0.3 is 0 Å². The van der Waals surface area contributed by atoms with Crippen LogP contribution in [0.5, 0.6) is 0 Å². The SMILES string of the molecule is O=S(=O)(C=CCSc1nnc(Cc2ccccc2)o1)c1ccccc1. The van der Waals surface area contributed by atoms with Gasteiger partial charge in [0.15, 0.2) is 9.84 Å². The van der Waals surface area contributed by atoms with Crippen LogP contribution < -0.4 is 0 Å². The smallest absolute Gasteiger partial charge is 0.276 e. The van der Waals surface area contributed by atoms with E-state index in [0.717, 1.165) is 5.56 Å². The number of sulfone groups is 1. The Balaban J connectivity index is 1.54. The number of benzene rings is 2. The first-order valence-electron chi connectivity index (χ1n) is 7.59. The summed E-state index contributed by atoms with van der Waals surface area (Å²) in [6, 6.07) is 18.2. The van der Waals surface area contributed by atoms with Gasteiger partial charge in [0.1, 0.15) is 0 Å². The van der Waals surface area contributed by atoms with E-state index in [1.165, 1.54) is 17.2 Å². The largest absolute Gasteiger partial charge is 0.416 e. The van der Waals surface area contributed by atoms with Gasteiger partial charge in [0.2, 0.25) is 5.89 Å². The van der Waals surface area contributed by atoms with Gasteiger partial charge in [-0.05, 0) is 17.7 Å². The molecule has 0 saturated heterocycles. The van der Waals surface area contributed by atoms with Crippen molar-refractivity contribution in [3.63, 3.8) is 0 Å². The summed E-state index contributed by atoms with van der Waals surface area (Å²) in [4.78, 5) is 0.277. The molecule has 3 rings (SSSR count). The van der Waals surface area contributed by atoms with Crippen molar-refractivity contribution >= 4 is 21.6 Å². The summed E-state index contributed by atoms with van der Waals surface area (Å²) in [5.74, 6) is 0.966. The van der Waals surface area contributed by atoms with Gasteiger partial charge in [-0.15, -0.1) is 10.2 Å². The molecule has 0 fully saturated rings. The fourth-order valence-corrected chi connectivity index (χ4v) is 3.87. The average molecular weight is 372 g/mol. The van der Waals surface area contributed by atoms with Crippen LogP contribution in [0.2, 0.25) is 0 Å². The number of nitrogens with zero attached hydrogens (tertiary/aromatic N) is 2. The van der Waals surface area contributed by atoms with E-state index >= 15 is 0 Å². The maximum absolute atomic E-state index is 12.1. The molecule has 0 amide bonds. The average Bonchev–Trinajstić information content (AvgIpc) is 3.08. The van der Waals surface area contributed by atoms with Crippen molar-refractivity contribution in [3.8, 4) is 0 Å². The molecule has 1 aromatic heterocycles. The van der Waals surface area contributed by atoms with E-state index in [2.05, 4.69) is 10.2 Å². The van der Waals surface area contributed by atoms with Crippen molar-refractivity contribution < 1.29 is 12.8 Å². The van der Waals surface area contributed by atoms with Gasteiger partial charge in [-0.3, -0.25) is 0 Å². The predicted molar refractivity (Wildman–Crippen MR) is 97.0 cm³/mol. The highest BCUT2D eigenvalue weighted by atomic mass is 32.2. The summed E-state index contributed by atoms with van der Waals surface area (Å²) in [7, 11) is -3.41.